The van der Waals surface area contributed by atoms with Crippen molar-refractivity contribution >= 4 is 11.9 Å². The van der Waals surface area contributed by atoms with Gasteiger partial charge in [0.2, 0.25) is 0 Å². The molecule has 8 atom stereocenters. The maximum atomic E-state index is 10.1. The van der Waals surface area contributed by atoms with E-state index in [4.69, 9.17) is 61.3 Å². The fourth-order valence-corrected chi connectivity index (χ4v) is 1.34. The molecule has 0 aromatic rings. The Balaban J connectivity index is -0.000000411. The van der Waals surface area contributed by atoms with Crippen LogP contribution in [0.3, 0.4) is 0 Å². The van der Waals surface area contributed by atoms with E-state index in [1.807, 2.05) is 0 Å². The first-order valence-electron chi connectivity index (χ1n) is 6.95. The Hall–Kier alpha value is -0.538. The normalized spacial score (nSPS) is 19.6. The van der Waals surface area contributed by atoms with Crippen molar-refractivity contribution in [3.05, 3.63) is 0 Å². The number of hydrogen-bond donors (Lipinski definition) is 12. The van der Waals surface area contributed by atoms with Gasteiger partial charge in [0, 0.05) is 27.3 Å². The van der Waals surface area contributed by atoms with Gasteiger partial charge in [0.05, 0.1) is 13.2 Å². The molecule has 15 heteroatoms. The van der Waals surface area contributed by atoms with E-state index in [-0.39, 0.29) is 27.3 Å². The quantitative estimate of drug-likeness (QED) is 0.123. The topological polar surface area (TPSA) is 277 Å². The van der Waals surface area contributed by atoms with E-state index in [0.29, 0.717) is 0 Å². The summed E-state index contributed by atoms with van der Waals surface area (Å²) in [6, 6.07) is 0. The number of carbonyl (C=O) groups is 2. The van der Waals surface area contributed by atoms with Gasteiger partial charge in [-0.15, -0.1) is 0 Å². The smallest absolute Gasteiger partial charge is 0.335 e. The summed E-state index contributed by atoms with van der Waals surface area (Å²) in [7, 11) is 0. The van der Waals surface area contributed by atoms with E-state index in [9.17, 15) is 9.59 Å². The minimum Gasteiger partial charge on any atom is -0.479 e. The second kappa shape index (κ2) is 15.4. The molecule has 0 rings (SSSR count). The molecule has 0 aromatic heterocycles. The Kier molecular flexibility index (Phi) is 17.8. The zero-order valence-corrected chi connectivity index (χ0v) is 18.0. The van der Waals surface area contributed by atoms with Gasteiger partial charge in [0.15, 0.2) is 12.2 Å². The van der Waals surface area contributed by atoms with Crippen LogP contribution in [0.25, 0.3) is 0 Å². The largest absolute Gasteiger partial charge is 0.479 e. The van der Waals surface area contributed by atoms with Crippen LogP contribution in [0.2, 0.25) is 0 Å². The minimum absolute atomic E-state index is 0. The molecule has 27 heavy (non-hydrogen) atoms. The average molecular weight is 505 g/mol. The van der Waals surface area contributed by atoms with Crippen molar-refractivity contribution in [3.8, 4) is 0 Å². The number of hydrogen-bond acceptors (Lipinski definition) is 12. The van der Waals surface area contributed by atoms with Crippen LogP contribution < -0.4 is 0 Å². The van der Waals surface area contributed by atoms with Gasteiger partial charge in [-0.3, -0.25) is 0 Å². The van der Waals surface area contributed by atoms with Crippen molar-refractivity contribution in [2.45, 2.75) is 48.8 Å². The monoisotopic (exact) mass is 506 g/mol. The maximum Gasteiger partial charge on any atom is 0.335 e. The van der Waals surface area contributed by atoms with Crippen molar-refractivity contribution in [1.29, 1.82) is 0 Å². The molecule has 0 bridgehead atoms. The first kappa shape index (κ1) is 31.2. The van der Waals surface area contributed by atoms with E-state index in [0.717, 1.165) is 0 Å². The third kappa shape index (κ3) is 11.1. The Labute approximate surface area is 172 Å². The zero-order valence-electron chi connectivity index (χ0n) is 13.9. The molecule has 0 saturated heterocycles. The van der Waals surface area contributed by atoms with E-state index < -0.39 is 74.0 Å². The Morgan fingerprint density at radius 1 is 0.556 bits per heavy atom. The van der Waals surface area contributed by atoms with Gasteiger partial charge < -0.3 is 61.3 Å². The molecule has 0 aliphatic carbocycles. The van der Waals surface area contributed by atoms with Gasteiger partial charge in [0.25, 0.3) is 0 Å². The van der Waals surface area contributed by atoms with Crippen molar-refractivity contribution in [2.24, 2.45) is 0 Å². The molecular weight excluding hydrogens is 481 g/mol. The summed E-state index contributed by atoms with van der Waals surface area (Å²) in [5.41, 5.74) is 0. The molecule has 0 saturated carbocycles. The average Bonchev–Trinajstić information content (AvgIpc) is 2.62. The summed E-state index contributed by atoms with van der Waals surface area (Å²) in [6.07, 6.45) is -15.7. The number of carboxylic acids is 2. The van der Waals surface area contributed by atoms with Crippen molar-refractivity contribution in [1.82, 2.24) is 0 Å². The molecule has 0 aliphatic heterocycles. The van der Waals surface area contributed by atoms with Crippen LogP contribution in [0.4, 0.5) is 0 Å². The molecule has 0 radical (unpaired) electrons. The predicted octanol–water partition coefficient (Wildman–Crippen LogP) is -6.99. The van der Waals surface area contributed by atoms with Gasteiger partial charge in [0.1, 0.15) is 36.6 Å². The Morgan fingerprint density at radius 3 is 0.926 bits per heavy atom. The summed E-state index contributed by atoms with van der Waals surface area (Å²) in [6.45, 7) is -1.69. The molecular formula is C12H24CdO14. The van der Waals surface area contributed by atoms with E-state index in [2.05, 4.69) is 0 Å². The summed E-state index contributed by atoms with van der Waals surface area (Å²) >= 11 is 0. The minimum atomic E-state index is -2.20. The first-order valence-corrected chi connectivity index (χ1v) is 6.95. The number of carboxylic acid groups (broad SMARTS) is 2. The van der Waals surface area contributed by atoms with Crippen LogP contribution in [-0.4, -0.2) is 135 Å². The Morgan fingerprint density at radius 2 is 0.778 bits per heavy atom. The number of aliphatic hydroxyl groups excluding tert-OH is 10. The van der Waals surface area contributed by atoms with Crippen molar-refractivity contribution in [2.75, 3.05) is 13.2 Å². The number of rotatable bonds is 10. The van der Waals surface area contributed by atoms with E-state index in [1.165, 1.54) is 0 Å². The van der Waals surface area contributed by atoms with Crippen LogP contribution in [0.1, 0.15) is 0 Å². The second-order valence-electron chi connectivity index (χ2n) is 5.03. The van der Waals surface area contributed by atoms with Crippen molar-refractivity contribution in [3.63, 3.8) is 0 Å². The van der Waals surface area contributed by atoms with Gasteiger partial charge >= 0.3 is 11.9 Å². The van der Waals surface area contributed by atoms with E-state index >= 15 is 0 Å². The molecule has 0 amide bonds. The standard InChI is InChI=1S/2C6H12O7.Cd/c2*7-1-2(8)3(9)4(10)5(11)6(12)13;/h2*2-5,7-11H,1H2,(H,12,13);/t2*2-,3-,4+,5-;/m11./s1. The Bertz CT molecular complexity index is 385. The van der Waals surface area contributed by atoms with Gasteiger partial charge in [-0.1, -0.05) is 0 Å². The SMILES string of the molecule is O=C(O)[C@H](O)[C@@H](O)[C@H](O)[C@H](O)CO.O=C(O)[C@H](O)[C@@H](O)[C@H](O)[C@H](O)CO.[Cd]. The van der Waals surface area contributed by atoms with Crippen LogP contribution in [0.5, 0.6) is 0 Å². The van der Waals surface area contributed by atoms with Crippen LogP contribution in [0.15, 0.2) is 0 Å². The van der Waals surface area contributed by atoms with E-state index in [1.54, 1.807) is 0 Å². The van der Waals surface area contributed by atoms with Crippen LogP contribution in [-0.2, 0) is 36.9 Å². The van der Waals surface area contributed by atoms with Gasteiger partial charge in [-0.25, -0.2) is 9.59 Å². The molecule has 0 fully saturated rings. The summed E-state index contributed by atoms with van der Waals surface area (Å²) in [5.74, 6) is -3.45. The van der Waals surface area contributed by atoms with Gasteiger partial charge in [-0.05, 0) is 0 Å². The third-order valence-electron chi connectivity index (χ3n) is 3.02. The number of aliphatic carboxylic acids is 2. The third-order valence-corrected chi connectivity index (χ3v) is 3.02. The molecule has 0 heterocycles. The molecule has 0 aliphatic rings. The number of aliphatic hydroxyl groups is 10. The zero-order chi connectivity index (χ0) is 21.2. The van der Waals surface area contributed by atoms with Crippen LogP contribution >= 0.6 is 0 Å². The van der Waals surface area contributed by atoms with Crippen molar-refractivity contribution < 1.29 is 98.2 Å². The second-order valence-corrected chi connectivity index (χ2v) is 5.03. The fraction of sp³-hybridized carbons (Fsp3) is 0.833. The fourth-order valence-electron chi connectivity index (χ4n) is 1.34. The predicted molar refractivity (Wildman–Crippen MR) is 77.5 cm³/mol. The molecule has 0 aromatic carbocycles. The molecule has 12 N–H and O–H groups in total. The molecule has 0 unspecified atom stereocenters. The van der Waals surface area contributed by atoms with Crippen LogP contribution in [0, 0.1) is 0 Å². The summed E-state index contributed by atoms with van der Waals surface area (Å²) in [4.78, 5) is 20.2. The first-order chi connectivity index (χ1) is 11.8. The molecule has 14 nitrogen and oxygen atoms in total. The summed E-state index contributed by atoms with van der Waals surface area (Å²) < 4.78 is 0. The molecule has 0 spiro atoms. The van der Waals surface area contributed by atoms with Gasteiger partial charge in [-0.2, -0.15) is 0 Å². The molecule has 158 valence electrons. The summed E-state index contributed by atoms with van der Waals surface area (Å²) in [5, 5.41) is 104. The maximum absolute atomic E-state index is 10.1.